The van der Waals surface area contributed by atoms with E-state index in [-0.39, 0.29) is 50.7 Å². The van der Waals surface area contributed by atoms with E-state index in [2.05, 4.69) is 40.5 Å². The number of thiazole rings is 1. The maximum Gasteiger partial charge on any atom is 0.348 e. The van der Waals surface area contributed by atoms with Crippen molar-refractivity contribution in [3.05, 3.63) is 92.5 Å². The quantitative estimate of drug-likeness (QED) is 0.0382. The molecule has 5 aromatic rings. The van der Waals surface area contributed by atoms with E-state index in [9.17, 15) is 38.1 Å². The molecule has 1 saturated heterocycles. The molecule has 0 saturated carbocycles. The highest BCUT2D eigenvalue weighted by Gasteiger charge is 2.35. The van der Waals surface area contributed by atoms with Crippen molar-refractivity contribution in [2.24, 2.45) is 7.05 Å². The number of piperidine rings is 1. The summed E-state index contributed by atoms with van der Waals surface area (Å²) in [6, 6.07) is 10.2. The number of nitrogens with zero attached hydrogens (tertiary/aromatic N) is 9. The molecule has 0 atom stereocenters. The number of rotatable bonds is 20. The number of amides is 4. The smallest absolute Gasteiger partial charge is 0.348 e. The standard InChI is InChI=1S/C50H62F2N12O6S/c1-32-49(64(69)70)71-50(55-32)57-48(68)37-15-10-11-16-41(37)56-44(66)17-9-7-5-4-6-8-12-21-53-45(67)31-60-23-18-36(19-24-60)63-42-20-25-61(33(2)65)30-40(42)47(58-63)62-22-13-14-34-26-38(35-28-54-59(3)29-35)39(46(51)52)27-43(34)62/h10-11,15-16,26-29,36,46H,4-9,12-14,17-25,30-31H2,1-3H3,(H,53,67)(H,56,66)(H,55,57,68). The second-order valence-electron chi connectivity index (χ2n) is 18.7. The van der Waals surface area contributed by atoms with Crippen LogP contribution in [0.4, 0.5) is 36.1 Å². The molecule has 21 heteroatoms. The second-order valence-corrected chi connectivity index (χ2v) is 19.7. The molecule has 3 N–H and O–H groups in total. The lowest BCUT2D eigenvalue weighted by Gasteiger charge is -2.33. The number of hydrogen-bond donors (Lipinski definition) is 3. The Labute approximate surface area is 415 Å². The normalized spacial score (nSPS) is 15.1. The summed E-state index contributed by atoms with van der Waals surface area (Å²) in [5.41, 5.74) is 5.68. The number of hydrogen-bond acceptors (Lipinski definition) is 12. The summed E-state index contributed by atoms with van der Waals surface area (Å²) >= 11 is 0.776. The molecule has 1 fully saturated rings. The maximum atomic E-state index is 14.7. The van der Waals surface area contributed by atoms with Crippen LogP contribution in [-0.2, 0) is 40.8 Å². The van der Waals surface area contributed by atoms with E-state index in [1.54, 1.807) is 61.4 Å². The van der Waals surface area contributed by atoms with Gasteiger partial charge in [0.05, 0.1) is 41.5 Å². The Hall–Kier alpha value is -6.61. The van der Waals surface area contributed by atoms with Crippen LogP contribution < -0.4 is 20.9 Å². The third kappa shape index (κ3) is 12.3. The first kappa shape index (κ1) is 50.8. The predicted octanol–water partition coefficient (Wildman–Crippen LogP) is 8.65. The summed E-state index contributed by atoms with van der Waals surface area (Å²) in [7, 11) is 1.77. The molecule has 71 heavy (non-hydrogen) atoms. The van der Waals surface area contributed by atoms with Crippen LogP contribution in [0, 0.1) is 17.0 Å². The summed E-state index contributed by atoms with van der Waals surface area (Å²) in [5.74, 6) is 0.00168. The van der Waals surface area contributed by atoms with Gasteiger partial charge in [-0.1, -0.05) is 44.2 Å². The molecule has 0 bridgehead atoms. The van der Waals surface area contributed by atoms with Gasteiger partial charge in [-0.15, -0.1) is 0 Å². The van der Waals surface area contributed by atoms with Crippen molar-refractivity contribution in [1.29, 1.82) is 0 Å². The van der Waals surface area contributed by atoms with E-state index in [0.29, 0.717) is 68.8 Å². The first-order chi connectivity index (χ1) is 34.2. The van der Waals surface area contributed by atoms with Gasteiger partial charge >= 0.3 is 5.00 Å². The predicted molar refractivity (Wildman–Crippen MR) is 267 cm³/mol. The Bertz CT molecular complexity index is 2750. The Morgan fingerprint density at radius 2 is 1.69 bits per heavy atom. The van der Waals surface area contributed by atoms with Gasteiger partial charge in [-0.25, -0.2) is 13.8 Å². The summed E-state index contributed by atoms with van der Waals surface area (Å²) in [6.07, 6.45) is 11.4. The summed E-state index contributed by atoms with van der Waals surface area (Å²) in [6.45, 7) is 7.12. The molecule has 3 aliphatic rings. The number of aryl methyl sites for hydroxylation is 3. The van der Waals surface area contributed by atoms with Crippen LogP contribution >= 0.6 is 11.3 Å². The van der Waals surface area contributed by atoms with E-state index >= 15 is 0 Å². The van der Waals surface area contributed by atoms with Crippen LogP contribution in [0.15, 0.2) is 48.8 Å². The molecule has 0 unspecified atom stereocenters. The Balaban J connectivity index is 0.750. The number of nitro groups is 1. The average molecular weight is 997 g/mol. The Morgan fingerprint density at radius 1 is 0.944 bits per heavy atom. The number of para-hydroxylation sites is 1. The molecule has 8 rings (SSSR count). The van der Waals surface area contributed by atoms with Gasteiger partial charge in [0.1, 0.15) is 5.69 Å². The van der Waals surface area contributed by atoms with Crippen molar-refractivity contribution in [3.8, 4) is 11.1 Å². The van der Waals surface area contributed by atoms with Crippen molar-refractivity contribution in [3.63, 3.8) is 0 Å². The molecule has 378 valence electrons. The molecular formula is C50H62F2N12O6S. The van der Waals surface area contributed by atoms with Gasteiger partial charge in [0.2, 0.25) is 17.7 Å². The minimum atomic E-state index is -2.68. The Morgan fingerprint density at radius 3 is 2.39 bits per heavy atom. The van der Waals surface area contributed by atoms with Gasteiger partial charge in [-0.05, 0) is 92.2 Å². The zero-order chi connectivity index (χ0) is 50.2. The molecule has 0 spiro atoms. The fourth-order valence-corrected chi connectivity index (χ4v) is 10.7. The topological polar surface area (TPSA) is 206 Å². The first-order valence-electron chi connectivity index (χ1n) is 24.6. The molecule has 2 aromatic carbocycles. The number of unbranched alkanes of at least 4 members (excludes halogenated alkanes) is 6. The largest absolute Gasteiger partial charge is 0.355 e. The van der Waals surface area contributed by atoms with Crippen LogP contribution in [0.3, 0.4) is 0 Å². The van der Waals surface area contributed by atoms with Crippen LogP contribution in [0.2, 0.25) is 0 Å². The maximum absolute atomic E-state index is 14.7. The van der Waals surface area contributed by atoms with Crippen molar-refractivity contribution in [2.45, 2.75) is 116 Å². The molecule has 18 nitrogen and oxygen atoms in total. The van der Waals surface area contributed by atoms with Crippen molar-refractivity contribution in [1.82, 2.24) is 39.7 Å². The van der Waals surface area contributed by atoms with Crippen LogP contribution in [0.25, 0.3) is 11.1 Å². The van der Waals surface area contributed by atoms with E-state index in [0.717, 1.165) is 117 Å². The van der Waals surface area contributed by atoms with Gasteiger partial charge in [-0.2, -0.15) is 10.2 Å². The van der Waals surface area contributed by atoms with Gasteiger partial charge in [0.15, 0.2) is 10.9 Å². The van der Waals surface area contributed by atoms with Gasteiger partial charge < -0.3 is 20.4 Å². The highest BCUT2D eigenvalue weighted by atomic mass is 32.1. The highest BCUT2D eigenvalue weighted by Crippen LogP contribution is 2.44. The molecular weight excluding hydrogens is 935 g/mol. The SMILES string of the molecule is CC(=O)N1CCc2c(c(N3CCCc4cc(-c5cnn(C)c5)c(C(F)F)cc43)nn2C2CCN(CC(=O)NCCCCCCCCCC(=O)Nc3ccccc3C(=O)Nc3nc(C)c([N+](=O)[O-])s3)CC2)C1. The minimum Gasteiger partial charge on any atom is -0.355 e. The third-order valence-corrected chi connectivity index (χ3v) is 14.7. The van der Waals surface area contributed by atoms with Crippen molar-refractivity contribution >= 4 is 62.3 Å². The van der Waals surface area contributed by atoms with E-state index < -0.39 is 17.3 Å². The zero-order valence-corrected chi connectivity index (χ0v) is 41.4. The van der Waals surface area contributed by atoms with Crippen LogP contribution in [0.1, 0.15) is 128 Å². The van der Waals surface area contributed by atoms with Gasteiger partial charge in [-0.3, -0.25) is 48.9 Å². The number of carbonyl (C=O) groups is 4. The Kier molecular flexibility index (Phi) is 16.5. The minimum absolute atomic E-state index is 0.00700. The summed E-state index contributed by atoms with van der Waals surface area (Å²) in [4.78, 5) is 72.1. The average Bonchev–Trinajstić information content (AvgIpc) is 4.07. The molecule has 3 aromatic heterocycles. The van der Waals surface area contributed by atoms with Crippen molar-refractivity contribution in [2.75, 3.05) is 54.8 Å². The number of likely N-dealkylation sites (tertiary alicyclic amines) is 1. The molecule has 0 radical (unpaired) electrons. The number of anilines is 4. The fourth-order valence-electron chi connectivity index (χ4n) is 9.96. The second kappa shape index (κ2) is 23.1. The van der Waals surface area contributed by atoms with Crippen LogP contribution in [-0.4, -0.2) is 102 Å². The van der Waals surface area contributed by atoms with E-state index in [1.807, 2.05) is 11.0 Å². The first-order valence-corrected chi connectivity index (χ1v) is 25.4. The number of nitrogens with one attached hydrogen (secondary N) is 3. The number of fused-ring (bicyclic) bond motifs is 2. The summed E-state index contributed by atoms with van der Waals surface area (Å²) < 4.78 is 33.2. The molecule has 3 aliphatic heterocycles. The van der Waals surface area contributed by atoms with Crippen LogP contribution in [0.5, 0.6) is 0 Å². The van der Waals surface area contributed by atoms with E-state index in [1.165, 1.54) is 6.92 Å². The van der Waals surface area contributed by atoms with Crippen molar-refractivity contribution < 1.29 is 32.9 Å². The number of benzene rings is 2. The number of carbonyl (C=O) groups excluding carboxylic acids is 4. The summed E-state index contributed by atoms with van der Waals surface area (Å²) in [5, 5.41) is 29.1. The number of aromatic nitrogens is 5. The lowest BCUT2D eigenvalue weighted by molar-refractivity contribution is -0.380. The van der Waals surface area contributed by atoms with E-state index in [4.69, 9.17) is 5.10 Å². The zero-order valence-electron chi connectivity index (χ0n) is 40.6. The molecule has 6 heterocycles. The number of halogens is 2. The molecule has 0 aliphatic carbocycles. The third-order valence-electron chi connectivity index (χ3n) is 13.7. The molecule has 4 amide bonds. The fraction of sp³-hybridized carbons (Fsp3) is 0.500. The monoisotopic (exact) mass is 996 g/mol. The van der Waals surface area contributed by atoms with Gasteiger partial charge in [0.25, 0.3) is 12.3 Å². The lowest BCUT2D eigenvalue weighted by atomic mass is 9.92. The lowest BCUT2D eigenvalue weighted by Crippen LogP contribution is -2.42. The number of alkyl halides is 2. The van der Waals surface area contributed by atoms with Gasteiger partial charge in [0, 0.05) is 93.8 Å². The highest BCUT2D eigenvalue weighted by molar-refractivity contribution is 7.19.